The van der Waals surface area contributed by atoms with Crippen molar-refractivity contribution in [1.29, 1.82) is 0 Å². The normalized spacial score (nSPS) is 10.6. The first-order valence-electron chi connectivity index (χ1n) is 6.59. The second-order valence-corrected chi connectivity index (χ2v) is 6.63. The smallest absolute Gasteiger partial charge is 0.255 e. The number of benzene rings is 2. The Morgan fingerprint density at radius 1 is 1.23 bits per heavy atom. The van der Waals surface area contributed by atoms with Gasteiger partial charge < -0.3 is 10.1 Å². The Labute approximate surface area is 136 Å². The molecule has 0 saturated heterocycles. The maximum absolute atomic E-state index is 12.2. The molecular weight excluding hydrogens is 316 g/mol. The predicted molar refractivity (Wildman–Crippen MR) is 92.3 cm³/mol. The lowest BCUT2D eigenvalue weighted by molar-refractivity contribution is 0.102. The van der Waals surface area contributed by atoms with Gasteiger partial charge in [-0.3, -0.25) is 4.79 Å². The molecule has 0 saturated carbocycles. The third-order valence-electron chi connectivity index (χ3n) is 3.15. The van der Waals surface area contributed by atoms with Crippen molar-refractivity contribution in [1.82, 2.24) is 4.98 Å². The van der Waals surface area contributed by atoms with Gasteiger partial charge in [-0.15, -0.1) is 11.3 Å². The Morgan fingerprint density at radius 2 is 2.00 bits per heavy atom. The molecule has 0 fully saturated rings. The molecule has 0 spiro atoms. The van der Waals surface area contributed by atoms with E-state index < -0.39 is 0 Å². The van der Waals surface area contributed by atoms with Crippen molar-refractivity contribution in [2.24, 2.45) is 0 Å². The Kier molecular flexibility index (Phi) is 4.31. The number of carbonyl (C=O) groups excluding carboxylic acids is 1. The number of anilines is 1. The summed E-state index contributed by atoms with van der Waals surface area (Å²) >= 11 is 3.25. The number of thioether (sulfide) groups is 1. The molecule has 0 unspecified atom stereocenters. The SMILES string of the molecule is COc1ccc(C(=O)Nc2ccc3nc(SC)sc3c2)cc1. The van der Waals surface area contributed by atoms with Gasteiger partial charge in [0.15, 0.2) is 4.34 Å². The summed E-state index contributed by atoms with van der Waals surface area (Å²) in [5.74, 6) is 0.587. The fourth-order valence-electron chi connectivity index (χ4n) is 2.01. The highest BCUT2D eigenvalue weighted by Crippen LogP contribution is 2.30. The van der Waals surface area contributed by atoms with Crippen LogP contribution < -0.4 is 10.1 Å². The molecular formula is C16H14N2O2S2. The third kappa shape index (κ3) is 3.08. The summed E-state index contributed by atoms with van der Waals surface area (Å²) in [5, 5.41) is 2.91. The van der Waals surface area contributed by atoms with Gasteiger partial charge in [-0.05, 0) is 48.7 Å². The van der Waals surface area contributed by atoms with Crippen LogP contribution in [0, 0.1) is 0 Å². The minimum absolute atomic E-state index is 0.142. The van der Waals surface area contributed by atoms with E-state index in [1.807, 2.05) is 24.5 Å². The van der Waals surface area contributed by atoms with Gasteiger partial charge in [0.2, 0.25) is 0 Å². The van der Waals surface area contributed by atoms with E-state index in [2.05, 4.69) is 10.3 Å². The number of fused-ring (bicyclic) bond motifs is 1. The van der Waals surface area contributed by atoms with Crippen molar-refractivity contribution in [2.75, 3.05) is 18.7 Å². The monoisotopic (exact) mass is 330 g/mol. The zero-order valence-corrected chi connectivity index (χ0v) is 13.8. The van der Waals surface area contributed by atoms with Crippen LogP contribution >= 0.6 is 23.1 Å². The van der Waals surface area contributed by atoms with Crippen LogP contribution in [0.1, 0.15) is 10.4 Å². The molecule has 0 aliphatic heterocycles. The number of nitrogens with one attached hydrogen (secondary N) is 1. The molecule has 6 heteroatoms. The quantitative estimate of drug-likeness (QED) is 0.726. The summed E-state index contributed by atoms with van der Waals surface area (Å²) in [6.45, 7) is 0. The zero-order valence-electron chi connectivity index (χ0n) is 12.1. The van der Waals surface area contributed by atoms with E-state index in [9.17, 15) is 4.79 Å². The first kappa shape index (κ1) is 14.9. The summed E-state index contributed by atoms with van der Waals surface area (Å²) in [5.41, 5.74) is 2.32. The van der Waals surface area contributed by atoms with Gasteiger partial charge in [0.1, 0.15) is 5.75 Å². The van der Waals surface area contributed by atoms with Crippen molar-refractivity contribution in [3.05, 3.63) is 48.0 Å². The zero-order chi connectivity index (χ0) is 15.5. The second-order valence-electron chi connectivity index (χ2n) is 4.55. The van der Waals surface area contributed by atoms with Crippen LogP contribution in [0.15, 0.2) is 46.8 Å². The molecule has 0 aliphatic carbocycles. The average Bonchev–Trinajstić information content (AvgIpc) is 2.97. The summed E-state index contributed by atoms with van der Waals surface area (Å²) in [4.78, 5) is 16.7. The number of hydrogen-bond donors (Lipinski definition) is 1. The van der Waals surface area contributed by atoms with Crippen molar-refractivity contribution < 1.29 is 9.53 Å². The lowest BCUT2D eigenvalue weighted by Crippen LogP contribution is -2.11. The van der Waals surface area contributed by atoms with E-state index in [4.69, 9.17) is 4.74 Å². The second kappa shape index (κ2) is 6.37. The Hall–Kier alpha value is -2.05. The van der Waals surface area contributed by atoms with E-state index in [0.29, 0.717) is 5.56 Å². The van der Waals surface area contributed by atoms with Crippen molar-refractivity contribution >= 4 is 44.9 Å². The molecule has 22 heavy (non-hydrogen) atoms. The van der Waals surface area contributed by atoms with Gasteiger partial charge in [0.05, 0.1) is 17.3 Å². The topological polar surface area (TPSA) is 51.2 Å². The molecule has 0 bridgehead atoms. The van der Waals surface area contributed by atoms with Gasteiger partial charge in [-0.25, -0.2) is 4.98 Å². The van der Waals surface area contributed by atoms with Crippen LogP contribution in [0.2, 0.25) is 0 Å². The number of amides is 1. The predicted octanol–water partition coefficient (Wildman–Crippen LogP) is 4.28. The summed E-state index contributed by atoms with van der Waals surface area (Å²) < 4.78 is 7.18. The van der Waals surface area contributed by atoms with E-state index in [1.165, 1.54) is 0 Å². The number of rotatable bonds is 4. The average molecular weight is 330 g/mol. The minimum Gasteiger partial charge on any atom is -0.497 e. The van der Waals surface area contributed by atoms with Gasteiger partial charge in [-0.2, -0.15) is 0 Å². The number of carbonyl (C=O) groups is 1. The Bertz CT molecular complexity index is 813. The highest BCUT2D eigenvalue weighted by atomic mass is 32.2. The minimum atomic E-state index is -0.142. The molecule has 1 aromatic heterocycles. The number of aromatic nitrogens is 1. The highest BCUT2D eigenvalue weighted by Gasteiger charge is 2.08. The molecule has 0 aliphatic rings. The lowest BCUT2D eigenvalue weighted by atomic mass is 10.2. The third-order valence-corrected chi connectivity index (χ3v) is 5.16. The van der Waals surface area contributed by atoms with Crippen LogP contribution in [0.5, 0.6) is 5.75 Å². The van der Waals surface area contributed by atoms with Gasteiger partial charge in [-0.1, -0.05) is 11.8 Å². The summed E-state index contributed by atoms with van der Waals surface area (Å²) in [6.07, 6.45) is 2.00. The van der Waals surface area contributed by atoms with Crippen LogP contribution in [0.25, 0.3) is 10.2 Å². The number of ether oxygens (including phenoxy) is 1. The van der Waals surface area contributed by atoms with E-state index in [-0.39, 0.29) is 5.91 Å². The molecule has 3 aromatic rings. The summed E-state index contributed by atoms with van der Waals surface area (Å²) in [7, 11) is 1.60. The van der Waals surface area contributed by atoms with Crippen LogP contribution in [0.4, 0.5) is 5.69 Å². The maximum atomic E-state index is 12.2. The highest BCUT2D eigenvalue weighted by molar-refractivity contribution is 8.00. The van der Waals surface area contributed by atoms with Gasteiger partial charge in [0, 0.05) is 11.3 Å². The van der Waals surface area contributed by atoms with Crippen LogP contribution in [-0.2, 0) is 0 Å². The van der Waals surface area contributed by atoms with Gasteiger partial charge in [0.25, 0.3) is 5.91 Å². The fourth-order valence-corrected chi connectivity index (χ4v) is 3.54. The molecule has 3 rings (SSSR count). The van der Waals surface area contributed by atoms with Crippen molar-refractivity contribution in [2.45, 2.75) is 4.34 Å². The number of thiazole rings is 1. The largest absolute Gasteiger partial charge is 0.497 e. The first-order valence-corrected chi connectivity index (χ1v) is 8.63. The Morgan fingerprint density at radius 3 is 2.68 bits per heavy atom. The number of methoxy groups -OCH3 is 1. The van der Waals surface area contributed by atoms with Crippen LogP contribution in [-0.4, -0.2) is 24.3 Å². The fraction of sp³-hybridized carbons (Fsp3) is 0.125. The van der Waals surface area contributed by atoms with E-state index >= 15 is 0 Å². The summed E-state index contributed by atoms with van der Waals surface area (Å²) in [6, 6.07) is 12.8. The lowest BCUT2D eigenvalue weighted by Gasteiger charge is -2.06. The molecule has 4 nitrogen and oxygen atoms in total. The van der Waals surface area contributed by atoms with Crippen LogP contribution in [0.3, 0.4) is 0 Å². The van der Waals surface area contributed by atoms with Crippen molar-refractivity contribution in [3.8, 4) is 5.75 Å². The number of hydrogen-bond acceptors (Lipinski definition) is 5. The van der Waals surface area contributed by atoms with Gasteiger partial charge >= 0.3 is 0 Å². The maximum Gasteiger partial charge on any atom is 0.255 e. The molecule has 1 N–H and O–H groups in total. The van der Waals surface area contributed by atoms with Crippen molar-refractivity contribution in [3.63, 3.8) is 0 Å². The molecule has 1 heterocycles. The van der Waals surface area contributed by atoms with E-state index in [1.54, 1.807) is 54.5 Å². The van der Waals surface area contributed by atoms with E-state index in [0.717, 1.165) is 26.0 Å². The Balaban J connectivity index is 1.80. The molecule has 2 aromatic carbocycles. The molecule has 0 atom stereocenters. The first-order chi connectivity index (χ1) is 10.7. The molecule has 1 amide bonds. The standard InChI is InChI=1S/C16H14N2O2S2/c1-20-12-6-3-10(4-7-12)15(19)17-11-5-8-13-14(9-11)22-16(18-13)21-2/h3-9H,1-2H3,(H,17,19). The number of nitrogens with zero attached hydrogens (tertiary/aromatic N) is 1. The molecule has 0 radical (unpaired) electrons. The molecule has 112 valence electrons.